The van der Waals surface area contributed by atoms with Crippen molar-refractivity contribution in [2.24, 2.45) is 0 Å². The summed E-state index contributed by atoms with van der Waals surface area (Å²) in [7, 11) is 0. The summed E-state index contributed by atoms with van der Waals surface area (Å²) in [5, 5.41) is 0.841. The number of hydrogen-bond donors (Lipinski definition) is 0. The SMILES string of the molecule is C/C(=C\COc1ccc2ccc(=O)oc2c1)[C@H]1CC(=O)C(C)(C)O1. The van der Waals surface area contributed by atoms with Crippen molar-refractivity contribution in [3.8, 4) is 5.75 Å². The third-order valence-corrected chi connectivity index (χ3v) is 4.24. The smallest absolute Gasteiger partial charge is 0.336 e. The van der Waals surface area contributed by atoms with Crippen LogP contribution in [0.15, 0.2) is 51.2 Å². The maximum atomic E-state index is 11.8. The van der Waals surface area contributed by atoms with Crippen LogP contribution >= 0.6 is 0 Å². The summed E-state index contributed by atoms with van der Waals surface area (Å²) >= 11 is 0. The summed E-state index contributed by atoms with van der Waals surface area (Å²) in [5.41, 5.74) is 0.366. The Labute approximate surface area is 139 Å². The van der Waals surface area contributed by atoms with Gasteiger partial charge in [0.05, 0.1) is 6.10 Å². The Bertz CT molecular complexity index is 859. The van der Waals surface area contributed by atoms with Gasteiger partial charge in [-0.2, -0.15) is 0 Å². The highest BCUT2D eigenvalue weighted by Gasteiger charge is 2.40. The number of hydrogen-bond acceptors (Lipinski definition) is 5. The molecule has 0 aliphatic carbocycles. The quantitative estimate of drug-likeness (QED) is 0.637. The van der Waals surface area contributed by atoms with Crippen molar-refractivity contribution in [3.63, 3.8) is 0 Å². The maximum Gasteiger partial charge on any atom is 0.336 e. The van der Waals surface area contributed by atoms with E-state index in [-0.39, 0.29) is 17.5 Å². The predicted octanol–water partition coefficient (Wildman–Crippen LogP) is 3.25. The lowest BCUT2D eigenvalue weighted by atomic mass is 10.0. The number of fused-ring (bicyclic) bond motifs is 1. The van der Waals surface area contributed by atoms with Crippen LogP contribution < -0.4 is 10.4 Å². The molecule has 5 heteroatoms. The first-order valence-corrected chi connectivity index (χ1v) is 7.90. The number of rotatable bonds is 4. The summed E-state index contributed by atoms with van der Waals surface area (Å²) in [6.07, 6.45) is 2.12. The molecule has 5 nitrogen and oxygen atoms in total. The molecule has 24 heavy (non-hydrogen) atoms. The van der Waals surface area contributed by atoms with Crippen molar-refractivity contribution in [1.29, 1.82) is 0 Å². The van der Waals surface area contributed by atoms with E-state index in [0.717, 1.165) is 11.0 Å². The zero-order valence-corrected chi connectivity index (χ0v) is 14.0. The van der Waals surface area contributed by atoms with Gasteiger partial charge in [0.1, 0.15) is 23.5 Å². The minimum atomic E-state index is -0.712. The number of benzene rings is 1. The second kappa shape index (κ2) is 6.24. The number of ketones is 1. The molecule has 0 bridgehead atoms. The van der Waals surface area contributed by atoms with Crippen molar-refractivity contribution in [1.82, 2.24) is 0 Å². The highest BCUT2D eigenvalue weighted by molar-refractivity contribution is 5.89. The van der Waals surface area contributed by atoms with Crippen molar-refractivity contribution in [2.75, 3.05) is 6.61 Å². The van der Waals surface area contributed by atoms with E-state index >= 15 is 0 Å². The van der Waals surface area contributed by atoms with E-state index in [9.17, 15) is 9.59 Å². The molecule has 0 amide bonds. The fourth-order valence-electron chi connectivity index (χ4n) is 2.66. The van der Waals surface area contributed by atoms with Gasteiger partial charge in [0.25, 0.3) is 0 Å². The monoisotopic (exact) mass is 328 g/mol. The van der Waals surface area contributed by atoms with Crippen LogP contribution in [0.5, 0.6) is 5.75 Å². The Balaban J connectivity index is 1.65. The Morgan fingerprint density at radius 2 is 2.04 bits per heavy atom. The first-order chi connectivity index (χ1) is 11.3. The van der Waals surface area contributed by atoms with Gasteiger partial charge in [0, 0.05) is 23.9 Å². The maximum absolute atomic E-state index is 11.8. The van der Waals surface area contributed by atoms with Crippen LogP contribution in [0.4, 0.5) is 0 Å². The topological polar surface area (TPSA) is 65.7 Å². The van der Waals surface area contributed by atoms with Crippen LogP contribution in [0, 0.1) is 0 Å². The van der Waals surface area contributed by atoms with Crippen molar-refractivity contribution >= 4 is 16.8 Å². The molecule has 0 spiro atoms. The minimum Gasteiger partial charge on any atom is -0.489 e. The van der Waals surface area contributed by atoms with Crippen LogP contribution in [0.1, 0.15) is 27.2 Å². The average molecular weight is 328 g/mol. The lowest BCUT2D eigenvalue weighted by Crippen LogP contribution is -2.27. The van der Waals surface area contributed by atoms with Gasteiger partial charge >= 0.3 is 5.63 Å². The van der Waals surface area contributed by atoms with Crippen LogP contribution in [-0.4, -0.2) is 24.1 Å². The molecular weight excluding hydrogens is 308 g/mol. The molecule has 1 aromatic carbocycles. The summed E-state index contributed by atoms with van der Waals surface area (Å²) in [6.45, 7) is 5.87. The van der Waals surface area contributed by atoms with Crippen molar-refractivity contribution in [3.05, 3.63) is 52.4 Å². The van der Waals surface area contributed by atoms with Gasteiger partial charge < -0.3 is 13.9 Å². The van der Waals surface area contributed by atoms with E-state index in [2.05, 4.69) is 0 Å². The van der Waals surface area contributed by atoms with Gasteiger partial charge in [-0.3, -0.25) is 4.79 Å². The van der Waals surface area contributed by atoms with E-state index in [4.69, 9.17) is 13.9 Å². The predicted molar refractivity (Wildman–Crippen MR) is 90.3 cm³/mol. The fourth-order valence-corrected chi connectivity index (χ4v) is 2.66. The molecule has 2 heterocycles. The zero-order chi connectivity index (χ0) is 17.3. The van der Waals surface area contributed by atoms with Crippen LogP contribution in [0.25, 0.3) is 11.0 Å². The summed E-state index contributed by atoms with van der Waals surface area (Å²) in [6, 6.07) is 8.46. The molecule has 1 aliphatic rings. The molecule has 0 unspecified atom stereocenters. The zero-order valence-electron chi connectivity index (χ0n) is 14.0. The summed E-state index contributed by atoms with van der Waals surface area (Å²) in [4.78, 5) is 23.1. The number of carbonyl (C=O) groups excluding carboxylic acids is 1. The molecule has 126 valence electrons. The van der Waals surface area contributed by atoms with Crippen LogP contribution in [-0.2, 0) is 9.53 Å². The standard InChI is InChI=1S/C19H20O5/c1-12(15-11-17(20)19(2,3)24-15)8-9-22-14-6-4-13-5-7-18(21)23-16(13)10-14/h4-8,10,15H,9,11H2,1-3H3/b12-8+/t15-/m1/s1. The van der Waals surface area contributed by atoms with Gasteiger partial charge in [0.2, 0.25) is 0 Å². The molecular formula is C19H20O5. The molecule has 2 aromatic rings. The molecule has 1 fully saturated rings. The lowest BCUT2D eigenvalue weighted by molar-refractivity contribution is -0.129. The number of carbonyl (C=O) groups is 1. The number of ether oxygens (including phenoxy) is 2. The molecule has 0 N–H and O–H groups in total. The normalized spacial score (nSPS) is 20.5. The van der Waals surface area contributed by atoms with Gasteiger partial charge in [-0.15, -0.1) is 0 Å². The minimum absolute atomic E-state index is 0.116. The van der Waals surface area contributed by atoms with Gasteiger partial charge in [-0.05, 0) is 50.6 Å². The van der Waals surface area contributed by atoms with Crippen molar-refractivity contribution in [2.45, 2.75) is 38.9 Å². The van der Waals surface area contributed by atoms with Crippen LogP contribution in [0.3, 0.4) is 0 Å². The molecule has 3 rings (SSSR count). The molecule has 0 saturated carbocycles. The van der Waals surface area contributed by atoms with Crippen LogP contribution in [0.2, 0.25) is 0 Å². The molecule has 1 aliphatic heterocycles. The second-order valence-corrected chi connectivity index (χ2v) is 6.46. The number of Topliss-reactive ketones (excluding diaryl/α,β-unsaturated/α-hetero) is 1. The van der Waals surface area contributed by atoms with Gasteiger partial charge in [0.15, 0.2) is 5.78 Å². The molecule has 1 saturated heterocycles. The summed E-state index contributed by atoms with van der Waals surface area (Å²) < 4.78 is 16.6. The fraction of sp³-hybridized carbons (Fsp3) is 0.368. The highest BCUT2D eigenvalue weighted by atomic mass is 16.5. The largest absolute Gasteiger partial charge is 0.489 e. The van der Waals surface area contributed by atoms with Crippen molar-refractivity contribution < 1.29 is 18.7 Å². The van der Waals surface area contributed by atoms with E-state index in [1.807, 2.05) is 25.1 Å². The van der Waals surface area contributed by atoms with Gasteiger partial charge in [-0.1, -0.05) is 0 Å². The average Bonchev–Trinajstić information content (AvgIpc) is 2.80. The molecule has 1 atom stereocenters. The highest BCUT2D eigenvalue weighted by Crippen LogP contribution is 2.30. The Hall–Kier alpha value is -2.40. The second-order valence-electron chi connectivity index (χ2n) is 6.46. The molecule has 0 radical (unpaired) electrons. The Kier molecular flexibility index (Phi) is 4.28. The van der Waals surface area contributed by atoms with E-state index in [1.165, 1.54) is 6.07 Å². The first-order valence-electron chi connectivity index (χ1n) is 7.90. The Morgan fingerprint density at radius 3 is 2.75 bits per heavy atom. The first kappa shape index (κ1) is 16.5. The van der Waals surface area contributed by atoms with Gasteiger partial charge in [-0.25, -0.2) is 4.79 Å². The van der Waals surface area contributed by atoms with E-state index in [1.54, 1.807) is 26.0 Å². The van der Waals surface area contributed by atoms with E-state index < -0.39 is 5.60 Å². The Morgan fingerprint density at radius 1 is 1.29 bits per heavy atom. The third kappa shape index (κ3) is 3.41. The summed E-state index contributed by atoms with van der Waals surface area (Å²) in [5.74, 6) is 0.732. The third-order valence-electron chi connectivity index (χ3n) is 4.24. The van der Waals surface area contributed by atoms with E-state index in [0.29, 0.717) is 24.4 Å². The molecule has 1 aromatic heterocycles. The lowest BCUT2D eigenvalue weighted by Gasteiger charge is -2.18.